The van der Waals surface area contributed by atoms with Gasteiger partial charge in [-0.05, 0) is 37.0 Å². The van der Waals surface area contributed by atoms with Gasteiger partial charge in [0.15, 0.2) is 0 Å². The van der Waals surface area contributed by atoms with Crippen LogP contribution in [-0.4, -0.2) is 47.2 Å². The van der Waals surface area contributed by atoms with Crippen LogP contribution in [0.1, 0.15) is 24.8 Å². The van der Waals surface area contributed by atoms with Gasteiger partial charge < -0.3 is 9.64 Å². The Hall–Kier alpha value is -1.66. The zero-order valence-electron chi connectivity index (χ0n) is 14.4. The van der Waals surface area contributed by atoms with Crippen LogP contribution in [0.4, 0.5) is 5.82 Å². The van der Waals surface area contributed by atoms with E-state index in [4.69, 9.17) is 4.74 Å². The topological polar surface area (TPSA) is 41.5 Å². The van der Waals surface area contributed by atoms with E-state index < -0.39 is 0 Å². The molecule has 0 amide bonds. The number of rotatable bonds is 6. The molecule has 1 aliphatic heterocycles. The molecule has 2 aliphatic rings. The van der Waals surface area contributed by atoms with Gasteiger partial charge in [-0.15, -0.1) is 0 Å². The summed E-state index contributed by atoms with van der Waals surface area (Å²) < 4.78 is 6.43. The average Bonchev–Trinajstić information content (AvgIpc) is 3.35. The van der Waals surface area contributed by atoms with Gasteiger partial charge >= 0.3 is 0 Å². The third-order valence-electron chi connectivity index (χ3n) is 4.98. The molecule has 0 radical (unpaired) electrons. The minimum Gasteiger partial charge on any atom is -0.481 e. The lowest BCUT2D eigenvalue weighted by molar-refractivity contribution is 0.324. The maximum atomic E-state index is 5.29. The van der Waals surface area contributed by atoms with Crippen molar-refractivity contribution in [3.05, 3.63) is 46.7 Å². The van der Waals surface area contributed by atoms with Crippen molar-refractivity contribution in [2.45, 2.75) is 37.9 Å². The number of aromatic nitrogens is 2. The number of hydrogen-bond acceptors (Lipinski definition) is 5. The molecule has 6 heteroatoms. The highest BCUT2D eigenvalue weighted by molar-refractivity contribution is 9.10. The summed E-state index contributed by atoms with van der Waals surface area (Å²) in [6.07, 6.45) is 5.30. The molecule has 132 valence electrons. The van der Waals surface area contributed by atoms with Gasteiger partial charge in [-0.25, -0.2) is 9.97 Å². The quantitative estimate of drug-likeness (QED) is 0.739. The number of benzene rings is 1. The molecule has 1 aliphatic carbocycles. The number of methoxy groups -OCH3 is 1. The highest BCUT2D eigenvalue weighted by atomic mass is 79.9. The molecule has 2 heterocycles. The van der Waals surface area contributed by atoms with E-state index >= 15 is 0 Å². The molecule has 0 spiro atoms. The fraction of sp³-hybridized carbons (Fsp3) is 0.474. The van der Waals surface area contributed by atoms with E-state index in [0.29, 0.717) is 18.0 Å². The molecule has 0 N–H and O–H groups in total. The lowest BCUT2D eigenvalue weighted by atomic mass is 10.2. The number of nitrogens with zero attached hydrogens (tertiary/aromatic N) is 4. The molecule has 1 unspecified atom stereocenters. The molecule has 0 bridgehead atoms. The van der Waals surface area contributed by atoms with Crippen LogP contribution in [-0.2, 0) is 6.54 Å². The molecule has 1 atom stereocenters. The zero-order valence-corrected chi connectivity index (χ0v) is 16.0. The van der Waals surface area contributed by atoms with Crippen LogP contribution in [0, 0.1) is 0 Å². The third kappa shape index (κ3) is 3.96. The summed E-state index contributed by atoms with van der Waals surface area (Å²) in [5.41, 5.74) is 1.36. The fourth-order valence-electron chi connectivity index (χ4n) is 3.68. The van der Waals surface area contributed by atoms with Gasteiger partial charge in [-0.3, -0.25) is 4.90 Å². The molecule has 25 heavy (non-hydrogen) atoms. The smallest absolute Gasteiger partial charge is 0.218 e. The van der Waals surface area contributed by atoms with Gasteiger partial charge in [-0.2, -0.15) is 0 Å². The Labute approximate surface area is 157 Å². The van der Waals surface area contributed by atoms with E-state index in [9.17, 15) is 0 Å². The molecule has 5 nitrogen and oxygen atoms in total. The Balaban J connectivity index is 1.46. The number of likely N-dealkylation sites (tertiary alicyclic amines) is 1. The lowest BCUT2D eigenvalue weighted by Gasteiger charge is -2.30. The second-order valence-electron chi connectivity index (χ2n) is 6.86. The normalized spacial score (nSPS) is 20.6. The summed E-state index contributed by atoms with van der Waals surface area (Å²) in [7, 11) is 1.66. The molecule has 1 aromatic carbocycles. The van der Waals surface area contributed by atoms with E-state index in [1.54, 1.807) is 13.4 Å². The molecule has 2 aromatic rings. The predicted octanol–water partition coefficient (Wildman–Crippen LogP) is 3.49. The molecule has 4 rings (SSSR count). The number of anilines is 1. The number of hydrogen-bond donors (Lipinski definition) is 0. The Morgan fingerprint density at radius 2 is 2.08 bits per heavy atom. The first-order valence-electron chi connectivity index (χ1n) is 8.84. The zero-order chi connectivity index (χ0) is 17.2. The Morgan fingerprint density at radius 1 is 1.20 bits per heavy atom. The van der Waals surface area contributed by atoms with E-state index in [1.165, 1.54) is 24.8 Å². The summed E-state index contributed by atoms with van der Waals surface area (Å²) in [4.78, 5) is 13.7. The first-order valence-corrected chi connectivity index (χ1v) is 9.63. The van der Waals surface area contributed by atoms with Crippen LogP contribution in [0.15, 0.2) is 41.1 Å². The maximum absolute atomic E-state index is 5.29. The van der Waals surface area contributed by atoms with Gasteiger partial charge in [-0.1, -0.05) is 28.1 Å². The second-order valence-corrected chi connectivity index (χ2v) is 7.78. The van der Waals surface area contributed by atoms with Crippen LogP contribution in [0.3, 0.4) is 0 Å². The van der Waals surface area contributed by atoms with Crippen molar-refractivity contribution in [2.24, 2.45) is 0 Å². The van der Waals surface area contributed by atoms with Crippen molar-refractivity contribution in [3.63, 3.8) is 0 Å². The Kier molecular flexibility index (Phi) is 4.90. The second kappa shape index (κ2) is 7.30. The summed E-state index contributed by atoms with van der Waals surface area (Å²) in [5.74, 6) is 1.64. The molecule has 1 aromatic heterocycles. The largest absolute Gasteiger partial charge is 0.481 e. The van der Waals surface area contributed by atoms with Crippen molar-refractivity contribution >= 4 is 21.7 Å². The van der Waals surface area contributed by atoms with Gasteiger partial charge in [0.25, 0.3) is 0 Å². The summed E-state index contributed by atoms with van der Waals surface area (Å²) in [6, 6.07) is 11.7. The molecular weight excluding hydrogens is 380 g/mol. The highest BCUT2D eigenvalue weighted by Crippen LogP contribution is 2.35. The van der Waals surface area contributed by atoms with Crippen molar-refractivity contribution in [3.8, 4) is 5.88 Å². The number of ether oxygens (including phenoxy) is 1. The van der Waals surface area contributed by atoms with Crippen LogP contribution in [0.25, 0.3) is 0 Å². The van der Waals surface area contributed by atoms with Gasteiger partial charge in [0.05, 0.1) is 7.11 Å². The monoisotopic (exact) mass is 402 g/mol. The van der Waals surface area contributed by atoms with Crippen LogP contribution < -0.4 is 9.64 Å². The summed E-state index contributed by atoms with van der Waals surface area (Å²) >= 11 is 3.57. The Morgan fingerprint density at radius 3 is 2.84 bits per heavy atom. The van der Waals surface area contributed by atoms with Gasteiger partial charge in [0.1, 0.15) is 12.1 Å². The number of halogens is 1. The SMILES string of the molecule is COc1cc(N(C2CC2)C2CCN(Cc3cccc(Br)c3)C2)ncn1. The third-order valence-corrected chi connectivity index (χ3v) is 5.47. The molecule has 2 fully saturated rings. The van der Waals surface area contributed by atoms with Crippen molar-refractivity contribution in [1.29, 1.82) is 0 Å². The predicted molar refractivity (Wildman–Crippen MR) is 102 cm³/mol. The van der Waals surface area contributed by atoms with Gasteiger partial charge in [0, 0.05) is 42.3 Å². The first kappa shape index (κ1) is 16.8. The standard InChI is InChI=1S/C19H23BrN4O/c1-25-19-10-18(21-13-22-19)24(16-5-6-16)17-7-8-23(12-17)11-14-3-2-4-15(20)9-14/h2-4,9-10,13,16-17H,5-8,11-12H2,1H3. The fourth-order valence-corrected chi connectivity index (χ4v) is 4.13. The van der Waals surface area contributed by atoms with Crippen molar-refractivity contribution < 1.29 is 4.74 Å². The molecule has 1 saturated heterocycles. The van der Waals surface area contributed by atoms with E-state index in [1.807, 2.05) is 6.07 Å². The first-order chi connectivity index (χ1) is 12.2. The molecule has 1 saturated carbocycles. The van der Waals surface area contributed by atoms with Crippen molar-refractivity contribution in [1.82, 2.24) is 14.9 Å². The van der Waals surface area contributed by atoms with E-state index in [-0.39, 0.29) is 0 Å². The average molecular weight is 403 g/mol. The molecular formula is C19H23BrN4O. The lowest BCUT2D eigenvalue weighted by Crippen LogP contribution is -2.39. The van der Waals surface area contributed by atoms with Crippen LogP contribution in [0.5, 0.6) is 5.88 Å². The van der Waals surface area contributed by atoms with Crippen LogP contribution in [0.2, 0.25) is 0 Å². The summed E-state index contributed by atoms with van der Waals surface area (Å²) in [6.45, 7) is 3.21. The highest BCUT2D eigenvalue weighted by Gasteiger charge is 2.38. The minimum absolute atomic E-state index is 0.513. The summed E-state index contributed by atoms with van der Waals surface area (Å²) in [5, 5.41) is 0. The van der Waals surface area contributed by atoms with Gasteiger partial charge in [0.2, 0.25) is 5.88 Å². The van der Waals surface area contributed by atoms with Crippen LogP contribution >= 0.6 is 15.9 Å². The maximum Gasteiger partial charge on any atom is 0.218 e. The van der Waals surface area contributed by atoms with E-state index in [2.05, 4.69) is 60.0 Å². The van der Waals surface area contributed by atoms with E-state index in [0.717, 1.165) is 29.9 Å². The van der Waals surface area contributed by atoms with Crippen molar-refractivity contribution in [2.75, 3.05) is 25.1 Å². The minimum atomic E-state index is 0.513. The Bertz CT molecular complexity index is 737.